The van der Waals surface area contributed by atoms with E-state index in [1.54, 1.807) is 0 Å². The molecule has 146 valence electrons. The first-order valence-corrected chi connectivity index (χ1v) is 10.2. The molecule has 0 heteroatoms. The van der Waals surface area contributed by atoms with Crippen molar-refractivity contribution in [2.75, 3.05) is 0 Å². The summed E-state index contributed by atoms with van der Waals surface area (Å²) in [5, 5.41) is 0. The fourth-order valence-corrected chi connectivity index (χ4v) is 3.14. The molecule has 0 nitrogen and oxygen atoms in total. The molecule has 0 aromatic heterocycles. The molecular weight excluding hydrogens is 348 g/mol. The number of hydrogen-bond acceptors (Lipinski definition) is 0. The molecule has 0 heterocycles. The van der Waals surface area contributed by atoms with E-state index in [0.29, 0.717) is 0 Å². The predicted molar refractivity (Wildman–Crippen MR) is 127 cm³/mol. The highest BCUT2D eigenvalue weighted by Crippen LogP contribution is 2.19. The molecule has 0 amide bonds. The van der Waals surface area contributed by atoms with Crippen molar-refractivity contribution < 1.29 is 0 Å². The van der Waals surface area contributed by atoms with Gasteiger partial charge >= 0.3 is 0 Å². The lowest BCUT2D eigenvalue weighted by Gasteiger charge is -2.03. The van der Waals surface area contributed by atoms with Gasteiger partial charge in [0.1, 0.15) is 0 Å². The van der Waals surface area contributed by atoms with Gasteiger partial charge in [-0.2, -0.15) is 0 Å². The van der Waals surface area contributed by atoms with Crippen LogP contribution in [-0.4, -0.2) is 0 Å². The summed E-state index contributed by atoms with van der Waals surface area (Å²) in [5.41, 5.74) is 10.6. The van der Waals surface area contributed by atoms with E-state index in [1.165, 1.54) is 44.5 Å². The van der Waals surface area contributed by atoms with Crippen LogP contribution in [-0.2, 0) is 6.42 Å². The third-order valence-electron chi connectivity index (χ3n) is 5.09. The fourth-order valence-electron chi connectivity index (χ4n) is 3.14. The average molecular weight is 379 g/mol. The van der Waals surface area contributed by atoms with E-state index in [9.17, 15) is 0 Å². The maximum atomic E-state index is 2.20. The molecule has 0 aliphatic heterocycles. The smallest absolute Gasteiger partial charge is 0.00258 e. The first-order valence-electron chi connectivity index (χ1n) is 10.2. The lowest BCUT2D eigenvalue weighted by molar-refractivity contribution is 1.18. The minimum absolute atomic E-state index is 1.03. The van der Waals surface area contributed by atoms with Crippen LogP contribution < -0.4 is 0 Å². The SMILES string of the molecule is Cc1ccc(-c2ccc(C)cc2)cc1.Cc1ccc(Cc2ccc(C)cc2)cc1. The fraction of sp³-hybridized carbons (Fsp3) is 0.172. The van der Waals surface area contributed by atoms with Gasteiger partial charge in [-0.15, -0.1) is 0 Å². The lowest BCUT2D eigenvalue weighted by atomic mass is 10.0. The van der Waals surface area contributed by atoms with Crippen molar-refractivity contribution in [1.29, 1.82) is 0 Å². The third kappa shape index (κ3) is 6.47. The summed E-state index contributed by atoms with van der Waals surface area (Å²) in [7, 11) is 0. The summed E-state index contributed by atoms with van der Waals surface area (Å²) in [6, 6.07) is 34.8. The van der Waals surface area contributed by atoms with Crippen LogP contribution in [0.4, 0.5) is 0 Å². The monoisotopic (exact) mass is 378 g/mol. The summed E-state index contributed by atoms with van der Waals surface area (Å²) >= 11 is 0. The van der Waals surface area contributed by atoms with E-state index in [0.717, 1.165) is 6.42 Å². The first kappa shape index (κ1) is 20.6. The van der Waals surface area contributed by atoms with Crippen molar-refractivity contribution in [3.63, 3.8) is 0 Å². The maximum absolute atomic E-state index is 2.20. The molecule has 0 bridgehead atoms. The predicted octanol–water partition coefficient (Wildman–Crippen LogP) is 7.86. The van der Waals surface area contributed by atoms with Gasteiger partial charge in [0.05, 0.1) is 0 Å². The normalized spacial score (nSPS) is 10.2. The van der Waals surface area contributed by atoms with Crippen LogP contribution in [0.25, 0.3) is 11.1 Å². The van der Waals surface area contributed by atoms with E-state index in [4.69, 9.17) is 0 Å². The zero-order valence-electron chi connectivity index (χ0n) is 17.9. The molecule has 0 atom stereocenters. The quantitative estimate of drug-likeness (QED) is 0.340. The van der Waals surface area contributed by atoms with E-state index in [-0.39, 0.29) is 0 Å². The topological polar surface area (TPSA) is 0 Å². The molecule has 0 N–H and O–H groups in total. The Kier molecular flexibility index (Phi) is 7.03. The van der Waals surface area contributed by atoms with Gasteiger partial charge < -0.3 is 0 Å². The van der Waals surface area contributed by atoms with Crippen molar-refractivity contribution in [1.82, 2.24) is 0 Å². The highest BCUT2D eigenvalue weighted by atomic mass is 14.0. The summed E-state index contributed by atoms with van der Waals surface area (Å²) in [6.07, 6.45) is 1.03. The minimum Gasteiger partial charge on any atom is -0.0590 e. The molecule has 0 radical (unpaired) electrons. The first-order chi connectivity index (χ1) is 14.0. The Morgan fingerprint density at radius 2 is 0.586 bits per heavy atom. The zero-order chi connectivity index (χ0) is 20.6. The molecule has 0 fully saturated rings. The molecular formula is C29H30. The van der Waals surface area contributed by atoms with Crippen LogP contribution in [0.5, 0.6) is 0 Å². The van der Waals surface area contributed by atoms with E-state index >= 15 is 0 Å². The number of aryl methyl sites for hydroxylation is 4. The lowest BCUT2D eigenvalue weighted by Crippen LogP contribution is -1.88. The van der Waals surface area contributed by atoms with Gasteiger partial charge in [0.2, 0.25) is 0 Å². The molecule has 0 unspecified atom stereocenters. The van der Waals surface area contributed by atoms with Gasteiger partial charge in [0.25, 0.3) is 0 Å². The summed E-state index contributed by atoms with van der Waals surface area (Å²) in [5.74, 6) is 0. The van der Waals surface area contributed by atoms with Crippen LogP contribution >= 0.6 is 0 Å². The van der Waals surface area contributed by atoms with Crippen LogP contribution in [0.15, 0.2) is 97.1 Å². The number of hydrogen-bond donors (Lipinski definition) is 0. The Bertz CT molecular complexity index is 916. The Morgan fingerprint density at radius 1 is 0.345 bits per heavy atom. The molecule has 29 heavy (non-hydrogen) atoms. The number of benzene rings is 4. The molecule has 0 saturated heterocycles. The maximum Gasteiger partial charge on any atom is -0.00258 e. The molecule has 4 aromatic rings. The van der Waals surface area contributed by atoms with Gasteiger partial charge in [0, 0.05) is 0 Å². The Morgan fingerprint density at radius 3 is 0.862 bits per heavy atom. The standard InChI is InChI=1S/C15H16.C14H14/c1-12-3-7-14(8-4-12)11-15-9-5-13(2)6-10-15;1-11-3-7-13(8-4-11)14-9-5-12(2)6-10-14/h3-10H,11H2,1-2H3;3-10H,1-2H3. The summed E-state index contributed by atoms with van der Waals surface area (Å²) in [6.45, 7) is 8.46. The van der Waals surface area contributed by atoms with Gasteiger partial charge in [-0.05, 0) is 56.4 Å². The minimum atomic E-state index is 1.03. The van der Waals surface area contributed by atoms with E-state index in [2.05, 4.69) is 125 Å². The second kappa shape index (κ2) is 9.89. The zero-order valence-corrected chi connectivity index (χ0v) is 17.9. The largest absolute Gasteiger partial charge is 0.0590 e. The Labute approximate surface area is 175 Å². The van der Waals surface area contributed by atoms with Gasteiger partial charge in [-0.3, -0.25) is 0 Å². The average Bonchev–Trinajstić information content (AvgIpc) is 2.73. The van der Waals surface area contributed by atoms with Crippen LogP contribution in [0.1, 0.15) is 33.4 Å². The summed E-state index contributed by atoms with van der Waals surface area (Å²) in [4.78, 5) is 0. The molecule has 4 aromatic carbocycles. The van der Waals surface area contributed by atoms with Gasteiger partial charge in [-0.25, -0.2) is 0 Å². The van der Waals surface area contributed by atoms with Crippen molar-refractivity contribution >= 4 is 0 Å². The summed E-state index contributed by atoms with van der Waals surface area (Å²) < 4.78 is 0. The second-order valence-electron chi connectivity index (χ2n) is 7.88. The van der Waals surface area contributed by atoms with Gasteiger partial charge in [-0.1, -0.05) is 119 Å². The van der Waals surface area contributed by atoms with Crippen molar-refractivity contribution in [3.8, 4) is 11.1 Å². The van der Waals surface area contributed by atoms with Gasteiger partial charge in [0.15, 0.2) is 0 Å². The molecule has 4 rings (SSSR count). The molecule has 0 spiro atoms. The molecule has 0 saturated carbocycles. The molecule has 0 aliphatic carbocycles. The Balaban J connectivity index is 0.000000166. The Hall–Kier alpha value is -3.12. The number of rotatable bonds is 3. The third-order valence-corrected chi connectivity index (χ3v) is 5.09. The van der Waals surface area contributed by atoms with Crippen LogP contribution in [0.3, 0.4) is 0 Å². The van der Waals surface area contributed by atoms with Crippen LogP contribution in [0.2, 0.25) is 0 Å². The van der Waals surface area contributed by atoms with E-state index < -0.39 is 0 Å². The molecule has 0 aliphatic rings. The van der Waals surface area contributed by atoms with Crippen molar-refractivity contribution in [2.24, 2.45) is 0 Å². The van der Waals surface area contributed by atoms with Crippen molar-refractivity contribution in [2.45, 2.75) is 34.1 Å². The second-order valence-corrected chi connectivity index (χ2v) is 7.88. The van der Waals surface area contributed by atoms with Crippen LogP contribution in [0, 0.1) is 27.7 Å². The van der Waals surface area contributed by atoms with Crippen molar-refractivity contribution in [3.05, 3.63) is 130 Å². The highest BCUT2D eigenvalue weighted by Gasteiger charge is 1.96. The van der Waals surface area contributed by atoms with E-state index in [1.807, 2.05) is 0 Å². The highest BCUT2D eigenvalue weighted by molar-refractivity contribution is 5.63.